The van der Waals surface area contributed by atoms with E-state index in [2.05, 4.69) is 0 Å². The molecule has 0 N–H and O–H groups in total. The van der Waals surface area contributed by atoms with Crippen LogP contribution in [0.5, 0.6) is 0 Å². The van der Waals surface area contributed by atoms with Gasteiger partial charge in [-0.25, -0.2) is 9.59 Å². The van der Waals surface area contributed by atoms with Gasteiger partial charge in [0.05, 0.1) is 16.5 Å². The fourth-order valence-corrected chi connectivity index (χ4v) is 4.20. The van der Waals surface area contributed by atoms with Crippen LogP contribution in [-0.2, 0) is 14.4 Å². The Balaban J connectivity index is 1.46. The number of amides is 3. The van der Waals surface area contributed by atoms with Crippen molar-refractivity contribution in [2.45, 2.75) is 52.1 Å². The quantitative estimate of drug-likeness (QED) is 0.543. The fourth-order valence-electron chi connectivity index (χ4n) is 4.20. The van der Waals surface area contributed by atoms with Crippen molar-refractivity contribution in [1.82, 2.24) is 9.96 Å². The number of fused-ring (bicyclic) bond motifs is 1. The summed E-state index contributed by atoms with van der Waals surface area (Å²) in [6.45, 7) is 6.22. The lowest BCUT2D eigenvalue weighted by atomic mass is 9.62. The minimum absolute atomic E-state index is 0.229. The normalized spacial score (nSPS) is 20.0. The molecule has 0 radical (unpaired) electrons. The lowest BCUT2D eigenvalue weighted by molar-refractivity contribution is -0.183. The first-order valence-electron chi connectivity index (χ1n) is 10.5. The van der Waals surface area contributed by atoms with Gasteiger partial charge in [-0.1, -0.05) is 35.3 Å². The Kier molecular flexibility index (Phi) is 5.11. The molecule has 0 atom stereocenters. The van der Waals surface area contributed by atoms with Gasteiger partial charge < -0.3 is 14.5 Å². The topological polar surface area (TPSA) is 93.2 Å². The number of ether oxygens (including phenoxy) is 1. The minimum atomic E-state index is -0.852. The first kappa shape index (κ1) is 21.1. The van der Waals surface area contributed by atoms with E-state index in [1.165, 1.54) is 12.1 Å². The molecule has 3 amide bonds. The van der Waals surface area contributed by atoms with Crippen molar-refractivity contribution >= 4 is 23.9 Å². The van der Waals surface area contributed by atoms with Gasteiger partial charge in [0, 0.05) is 13.1 Å². The smallest absolute Gasteiger partial charge is 0.410 e. The van der Waals surface area contributed by atoms with Crippen LogP contribution in [0.25, 0.3) is 0 Å². The second-order valence-corrected chi connectivity index (χ2v) is 9.17. The first-order chi connectivity index (χ1) is 14.6. The molecule has 0 bridgehead atoms. The highest BCUT2D eigenvalue weighted by Gasteiger charge is 2.51. The molecular formula is C23H26N2O6. The second kappa shape index (κ2) is 7.51. The van der Waals surface area contributed by atoms with Crippen molar-refractivity contribution in [3.8, 4) is 0 Å². The van der Waals surface area contributed by atoms with Crippen LogP contribution in [0, 0.1) is 5.41 Å². The Labute approximate surface area is 180 Å². The molecule has 8 heteroatoms. The number of carbonyl (C=O) groups is 4. The summed E-state index contributed by atoms with van der Waals surface area (Å²) in [7, 11) is 0. The van der Waals surface area contributed by atoms with E-state index in [0.29, 0.717) is 37.4 Å². The summed E-state index contributed by atoms with van der Waals surface area (Å²) in [6, 6.07) is 6.40. The molecule has 4 rings (SSSR count). The van der Waals surface area contributed by atoms with Crippen molar-refractivity contribution in [3.63, 3.8) is 0 Å². The van der Waals surface area contributed by atoms with E-state index in [-0.39, 0.29) is 17.2 Å². The standard InChI is InChI=1S/C23H26N2O6/c1-22(2,3)30-21(29)24-13-9-15(10-14-24)23(11-6-12-23)20(28)31-25-18(26)16-7-4-5-8-17(16)19(25)27/h4-5,7-9H,6,10-14H2,1-3H3. The van der Waals surface area contributed by atoms with E-state index in [0.717, 1.165) is 12.0 Å². The second-order valence-electron chi connectivity index (χ2n) is 9.17. The lowest BCUT2D eigenvalue weighted by Gasteiger charge is -2.43. The molecule has 2 aliphatic heterocycles. The van der Waals surface area contributed by atoms with Gasteiger partial charge in [0.15, 0.2) is 0 Å². The maximum atomic E-state index is 13.1. The summed E-state index contributed by atoms with van der Waals surface area (Å²) in [5.74, 6) is -1.85. The maximum absolute atomic E-state index is 13.1. The third-order valence-corrected chi connectivity index (χ3v) is 6.00. The predicted molar refractivity (Wildman–Crippen MR) is 110 cm³/mol. The minimum Gasteiger partial charge on any atom is -0.444 e. The molecule has 0 spiro atoms. The van der Waals surface area contributed by atoms with Crippen LogP contribution < -0.4 is 0 Å². The average molecular weight is 426 g/mol. The Morgan fingerprint density at radius 2 is 1.65 bits per heavy atom. The van der Waals surface area contributed by atoms with Crippen LogP contribution in [0.4, 0.5) is 4.79 Å². The molecule has 0 saturated heterocycles. The molecule has 31 heavy (non-hydrogen) atoms. The van der Waals surface area contributed by atoms with E-state index >= 15 is 0 Å². The number of hydrogen-bond donors (Lipinski definition) is 0. The number of hydrogen-bond acceptors (Lipinski definition) is 6. The number of hydroxylamine groups is 2. The number of nitrogens with zero attached hydrogens (tertiary/aromatic N) is 2. The van der Waals surface area contributed by atoms with E-state index in [9.17, 15) is 19.2 Å². The monoisotopic (exact) mass is 426 g/mol. The molecule has 1 aromatic rings. The molecular weight excluding hydrogens is 400 g/mol. The van der Waals surface area contributed by atoms with Gasteiger partial charge in [-0.05, 0) is 52.2 Å². The largest absolute Gasteiger partial charge is 0.444 e. The van der Waals surface area contributed by atoms with E-state index in [1.807, 2.05) is 26.8 Å². The van der Waals surface area contributed by atoms with E-state index in [1.54, 1.807) is 17.0 Å². The predicted octanol–water partition coefficient (Wildman–Crippen LogP) is 3.48. The summed E-state index contributed by atoms with van der Waals surface area (Å²) < 4.78 is 5.41. The van der Waals surface area contributed by atoms with Gasteiger partial charge in [-0.3, -0.25) is 9.59 Å². The highest BCUT2D eigenvalue weighted by atomic mass is 16.7. The summed E-state index contributed by atoms with van der Waals surface area (Å²) in [6.07, 6.45) is 4.02. The van der Waals surface area contributed by atoms with Crippen molar-refractivity contribution in [2.24, 2.45) is 5.41 Å². The number of rotatable bonds is 3. The van der Waals surface area contributed by atoms with E-state index < -0.39 is 28.8 Å². The van der Waals surface area contributed by atoms with Crippen LogP contribution in [0.2, 0.25) is 0 Å². The Hall–Kier alpha value is -3.16. The van der Waals surface area contributed by atoms with Crippen LogP contribution >= 0.6 is 0 Å². The van der Waals surface area contributed by atoms with Gasteiger partial charge >= 0.3 is 12.1 Å². The zero-order chi connectivity index (χ0) is 22.4. The Morgan fingerprint density at radius 1 is 1.03 bits per heavy atom. The molecule has 1 aromatic carbocycles. The van der Waals surface area contributed by atoms with E-state index in [4.69, 9.17) is 9.57 Å². The number of carbonyl (C=O) groups excluding carboxylic acids is 4. The average Bonchev–Trinajstić information content (AvgIpc) is 2.92. The zero-order valence-electron chi connectivity index (χ0n) is 18.0. The molecule has 1 aliphatic carbocycles. The van der Waals surface area contributed by atoms with Crippen molar-refractivity contribution < 1.29 is 28.8 Å². The van der Waals surface area contributed by atoms with Crippen LogP contribution in [0.3, 0.4) is 0 Å². The zero-order valence-corrected chi connectivity index (χ0v) is 18.0. The van der Waals surface area contributed by atoms with Crippen LogP contribution in [-0.4, -0.2) is 52.5 Å². The third kappa shape index (κ3) is 3.71. The molecule has 164 valence electrons. The molecule has 1 fully saturated rings. The Morgan fingerprint density at radius 3 is 2.10 bits per heavy atom. The van der Waals surface area contributed by atoms with Gasteiger partial charge in [0.1, 0.15) is 5.60 Å². The van der Waals surface area contributed by atoms with Gasteiger partial charge in [0.2, 0.25) is 0 Å². The highest BCUT2D eigenvalue weighted by Crippen LogP contribution is 2.50. The number of imide groups is 1. The summed E-state index contributed by atoms with van der Waals surface area (Å²) in [5.41, 5.74) is -0.0807. The fraction of sp³-hybridized carbons (Fsp3) is 0.478. The van der Waals surface area contributed by atoms with Gasteiger partial charge in [-0.2, -0.15) is 0 Å². The summed E-state index contributed by atoms with van der Waals surface area (Å²) >= 11 is 0. The number of benzene rings is 1. The highest BCUT2D eigenvalue weighted by molar-refractivity contribution is 6.21. The van der Waals surface area contributed by atoms with Crippen molar-refractivity contribution in [3.05, 3.63) is 47.0 Å². The summed E-state index contributed by atoms with van der Waals surface area (Å²) in [5, 5.41) is 0.573. The maximum Gasteiger partial charge on any atom is 0.410 e. The molecule has 3 aliphatic rings. The first-order valence-corrected chi connectivity index (χ1v) is 10.5. The Bertz CT molecular complexity index is 951. The lowest BCUT2D eigenvalue weighted by Crippen LogP contribution is -2.48. The molecule has 8 nitrogen and oxygen atoms in total. The van der Waals surface area contributed by atoms with Crippen LogP contribution in [0.15, 0.2) is 35.9 Å². The molecule has 2 heterocycles. The van der Waals surface area contributed by atoms with Crippen molar-refractivity contribution in [2.75, 3.05) is 13.1 Å². The van der Waals surface area contributed by atoms with Crippen molar-refractivity contribution in [1.29, 1.82) is 0 Å². The summed E-state index contributed by atoms with van der Waals surface area (Å²) in [4.78, 5) is 57.5. The molecule has 0 unspecified atom stereocenters. The van der Waals surface area contributed by atoms with Gasteiger partial charge in [0.25, 0.3) is 11.8 Å². The third-order valence-electron chi connectivity index (χ3n) is 6.00. The van der Waals surface area contributed by atoms with Gasteiger partial charge in [-0.15, -0.1) is 0 Å². The molecule has 0 aromatic heterocycles. The van der Waals surface area contributed by atoms with Crippen LogP contribution in [0.1, 0.15) is 67.2 Å². The SMILES string of the molecule is CC(C)(C)OC(=O)N1CC=C(C2(C(=O)ON3C(=O)c4ccccc4C3=O)CCC2)CC1. The molecule has 1 saturated carbocycles.